The molecule has 1 aliphatic rings. The van der Waals surface area contributed by atoms with E-state index in [0.29, 0.717) is 47.9 Å². The van der Waals surface area contributed by atoms with Gasteiger partial charge in [-0.25, -0.2) is 0 Å². The van der Waals surface area contributed by atoms with Crippen molar-refractivity contribution in [3.8, 4) is 17.2 Å². The minimum atomic E-state index is -0.768. The van der Waals surface area contributed by atoms with E-state index in [4.69, 9.17) is 9.47 Å². The maximum Gasteiger partial charge on any atom is 0.295 e. The van der Waals surface area contributed by atoms with Crippen molar-refractivity contribution in [3.63, 3.8) is 0 Å². The fraction of sp³-hybridized carbons (Fsp3) is 0.222. The molecule has 220 valence electrons. The van der Waals surface area contributed by atoms with Crippen LogP contribution in [0, 0.1) is 6.92 Å². The second kappa shape index (κ2) is 13.4. The highest BCUT2D eigenvalue weighted by Gasteiger charge is 2.46. The molecular weight excluding hydrogens is 540 g/mol. The van der Waals surface area contributed by atoms with Crippen LogP contribution in [0.4, 0.5) is 0 Å². The van der Waals surface area contributed by atoms with E-state index >= 15 is 0 Å². The monoisotopic (exact) mass is 576 g/mol. The molecule has 4 aromatic carbocycles. The Hall–Kier alpha value is -4.88. The zero-order valence-electron chi connectivity index (χ0n) is 24.7. The maximum absolute atomic E-state index is 13.5. The van der Waals surface area contributed by atoms with Gasteiger partial charge in [0.1, 0.15) is 29.6 Å². The number of aliphatic hydroxyl groups excluding tert-OH is 1. The predicted octanol–water partition coefficient (Wildman–Crippen LogP) is 6.74. The van der Waals surface area contributed by atoms with Gasteiger partial charge in [0.2, 0.25) is 0 Å². The first-order valence-corrected chi connectivity index (χ1v) is 14.4. The van der Waals surface area contributed by atoms with Crippen molar-refractivity contribution in [3.05, 3.63) is 131 Å². The molecule has 0 aromatic heterocycles. The van der Waals surface area contributed by atoms with Gasteiger partial charge in [-0.15, -0.1) is 0 Å². The van der Waals surface area contributed by atoms with Crippen LogP contribution in [-0.4, -0.2) is 53.8 Å². The Kier molecular flexibility index (Phi) is 9.23. The summed E-state index contributed by atoms with van der Waals surface area (Å²) in [7, 11) is 3.93. The number of para-hydroxylation sites is 1. The van der Waals surface area contributed by atoms with E-state index < -0.39 is 17.7 Å². The van der Waals surface area contributed by atoms with E-state index in [1.54, 1.807) is 23.1 Å². The van der Waals surface area contributed by atoms with Gasteiger partial charge in [-0.2, -0.15) is 0 Å². The van der Waals surface area contributed by atoms with Crippen LogP contribution in [0.5, 0.6) is 17.2 Å². The van der Waals surface area contributed by atoms with Gasteiger partial charge in [0.15, 0.2) is 0 Å². The van der Waals surface area contributed by atoms with E-state index in [1.807, 2.05) is 111 Å². The molecule has 1 fully saturated rings. The van der Waals surface area contributed by atoms with Crippen LogP contribution in [0.15, 0.2) is 109 Å². The van der Waals surface area contributed by atoms with Crippen molar-refractivity contribution in [2.45, 2.75) is 26.0 Å². The van der Waals surface area contributed by atoms with Gasteiger partial charge < -0.3 is 24.4 Å². The summed E-state index contributed by atoms with van der Waals surface area (Å²) in [6.07, 6.45) is 0.670. The van der Waals surface area contributed by atoms with Gasteiger partial charge in [0.05, 0.1) is 11.6 Å². The van der Waals surface area contributed by atoms with Crippen LogP contribution < -0.4 is 9.47 Å². The number of ketones is 1. The van der Waals surface area contributed by atoms with Gasteiger partial charge in [0, 0.05) is 12.1 Å². The molecular formula is C36H36N2O5. The number of nitrogens with zero attached hydrogens (tertiary/aromatic N) is 2. The SMILES string of the molecule is Cc1cc(/C(O)=C2\C(=O)C(=O)N(CCCN(C)C)[C@@H]2c2cccc(Oc3ccccc3)c2)ccc1OCc1ccccc1. The van der Waals surface area contributed by atoms with Crippen LogP contribution >= 0.6 is 0 Å². The van der Waals surface area contributed by atoms with Gasteiger partial charge >= 0.3 is 0 Å². The Balaban J connectivity index is 1.49. The van der Waals surface area contributed by atoms with E-state index in [9.17, 15) is 14.7 Å². The Morgan fingerprint density at radius 3 is 2.26 bits per heavy atom. The molecule has 5 rings (SSSR count). The molecule has 1 amide bonds. The summed E-state index contributed by atoms with van der Waals surface area (Å²) in [5, 5.41) is 11.6. The van der Waals surface area contributed by atoms with E-state index in [0.717, 1.165) is 17.7 Å². The molecule has 0 radical (unpaired) electrons. The molecule has 1 heterocycles. The summed E-state index contributed by atoms with van der Waals surface area (Å²) >= 11 is 0. The van der Waals surface area contributed by atoms with Crippen LogP contribution in [0.2, 0.25) is 0 Å². The highest BCUT2D eigenvalue weighted by molar-refractivity contribution is 6.46. The zero-order valence-corrected chi connectivity index (χ0v) is 24.7. The molecule has 0 saturated carbocycles. The standard InChI is InChI=1S/C36H36N2O5/c1-25-22-28(18-19-31(25)42-24-26-12-6-4-7-13-26)34(39)32-33(38(36(41)35(32)40)21-11-20-37(2)3)27-14-10-17-30(23-27)43-29-15-8-5-9-16-29/h4-10,12-19,22-23,33,39H,11,20-21,24H2,1-3H3/b34-32+/t33-/m1/s1. The first-order valence-electron chi connectivity index (χ1n) is 14.4. The summed E-state index contributed by atoms with van der Waals surface area (Å²) in [5.41, 5.74) is 3.02. The number of ether oxygens (including phenoxy) is 2. The fourth-order valence-electron chi connectivity index (χ4n) is 5.24. The largest absolute Gasteiger partial charge is 0.507 e. The van der Waals surface area contributed by atoms with E-state index in [2.05, 4.69) is 0 Å². The molecule has 1 aliphatic heterocycles. The molecule has 0 unspecified atom stereocenters. The number of benzene rings is 4. The fourth-order valence-corrected chi connectivity index (χ4v) is 5.24. The number of aryl methyl sites for hydroxylation is 1. The molecule has 7 heteroatoms. The smallest absolute Gasteiger partial charge is 0.295 e. The van der Waals surface area contributed by atoms with Gasteiger partial charge in [-0.05, 0) is 93.1 Å². The van der Waals surface area contributed by atoms with Crippen molar-refractivity contribution >= 4 is 17.4 Å². The molecule has 1 N–H and O–H groups in total. The van der Waals surface area contributed by atoms with Crippen molar-refractivity contribution in [1.82, 2.24) is 9.80 Å². The normalized spacial score (nSPS) is 16.1. The van der Waals surface area contributed by atoms with E-state index in [1.165, 1.54) is 0 Å². The summed E-state index contributed by atoms with van der Waals surface area (Å²) in [6, 6.07) is 31.1. The average molecular weight is 577 g/mol. The van der Waals surface area contributed by atoms with Crippen LogP contribution in [0.25, 0.3) is 5.76 Å². The minimum absolute atomic E-state index is 0.0593. The van der Waals surface area contributed by atoms with Gasteiger partial charge in [-0.3, -0.25) is 9.59 Å². The third kappa shape index (κ3) is 6.96. The van der Waals surface area contributed by atoms with Crippen molar-refractivity contribution in [2.75, 3.05) is 27.2 Å². The van der Waals surface area contributed by atoms with Crippen molar-refractivity contribution < 1.29 is 24.2 Å². The van der Waals surface area contributed by atoms with Crippen molar-refractivity contribution in [2.24, 2.45) is 0 Å². The lowest BCUT2D eigenvalue weighted by Gasteiger charge is -2.26. The first kappa shape index (κ1) is 29.6. The summed E-state index contributed by atoms with van der Waals surface area (Å²) in [6.45, 7) is 3.40. The lowest BCUT2D eigenvalue weighted by molar-refractivity contribution is -0.139. The summed E-state index contributed by atoms with van der Waals surface area (Å²) in [4.78, 5) is 30.5. The highest BCUT2D eigenvalue weighted by atomic mass is 16.5. The lowest BCUT2D eigenvalue weighted by atomic mass is 9.94. The number of rotatable bonds is 11. The lowest BCUT2D eigenvalue weighted by Crippen LogP contribution is -2.32. The Labute approximate surface area is 252 Å². The van der Waals surface area contributed by atoms with Crippen molar-refractivity contribution in [1.29, 1.82) is 0 Å². The number of aliphatic hydroxyl groups is 1. The molecule has 1 atom stereocenters. The topological polar surface area (TPSA) is 79.3 Å². The molecule has 0 bridgehead atoms. The highest BCUT2D eigenvalue weighted by Crippen LogP contribution is 2.41. The number of carbonyl (C=O) groups excluding carboxylic acids is 2. The third-order valence-electron chi connectivity index (χ3n) is 7.38. The van der Waals surface area contributed by atoms with Crippen LogP contribution in [0.1, 0.15) is 34.7 Å². The molecule has 7 nitrogen and oxygen atoms in total. The molecule has 43 heavy (non-hydrogen) atoms. The predicted molar refractivity (Wildman–Crippen MR) is 167 cm³/mol. The average Bonchev–Trinajstić information content (AvgIpc) is 3.26. The van der Waals surface area contributed by atoms with Crippen LogP contribution in [0.3, 0.4) is 0 Å². The Morgan fingerprint density at radius 1 is 0.860 bits per heavy atom. The number of likely N-dealkylation sites (tertiary alicyclic amines) is 1. The maximum atomic E-state index is 13.5. The second-order valence-corrected chi connectivity index (χ2v) is 10.9. The number of Topliss-reactive ketones (excluding diaryl/α,β-unsaturated/α-hetero) is 1. The minimum Gasteiger partial charge on any atom is -0.507 e. The van der Waals surface area contributed by atoms with E-state index in [-0.39, 0.29) is 11.3 Å². The molecule has 4 aromatic rings. The number of hydrogen-bond acceptors (Lipinski definition) is 6. The molecule has 0 aliphatic carbocycles. The first-order chi connectivity index (χ1) is 20.8. The summed E-state index contributed by atoms with van der Waals surface area (Å²) in [5.74, 6) is 0.364. The summed E-state index contributed by atoms with van der Waals surface area (Å²) < 4.78 is 12.1. The number of carbonyl (C=O) groups is 2. The zero-order chi connectivity index (χ0) is 30.3. The quantitative estimate of drug-likeness (QED) is 0.121. The second-order valence-electron chi connectivity index (χ2n) is 10.9. The molecule has 0 spiro atoms. The van der Waals surface area contributed by atoms with Gasteiger partial charge in [-0.1, -0.05) is 60.7 Å². The van der Waals surface area contributed by atoms with Gasteiger partial charge in [0.25, 0.3) is 11.7 Å². The van der Waals surface area contributed by atoms with Crippen LogP contribution in [-0.2, 0) is 16.2 Å². The molecule has 1 saturated heterocycles. The third-order valence-corrected chi connectivity index (χ3v) is 7.38. The number of amides is 1. The Morgan fingerprint density at radius 2 is 1.56 bits per heavy atom. The Bertz CT molecular complexity index is 1620. The number of hydrogen-bond donors (Lipinski definition) is 1.